The second-order valence-corrected chi connectivity index (χ2v) is 5.55. The summed E-state index contributed by atoms with van der Waals surface area (Å²) in [6, 6.07) is 17.5. The van der Waals surface area contributed by atoms with Gasteiger partial charge in [0.2, 0.25) is 0 Å². The summed E-state index contributed by atoms with van der Waals surface area (Å²) in [6.45, 7) is -0.295. The van der Waals surface area contributed by atoms with Crippen molar-refractivity contribution >= 4 is 41.3 Å². The number of imide groups is 1. The van der Waals surface area contributed by atoms with Crippen LogP contribution < -0.4 is 10.1 Å². The van der Waals surface area contributed by atoms with Gasteiger partial charge in [-0.25, -0.2) is 9.10 Å². The molecule has 0 spiro atoms. The fraction of sp³-hybridized carbons (Fsp3) is 0.0556. The first-order chi connectivity index (χ1) is 12.1. The van der Waals surface area contributed by atoms with E-state index in [1.807, 2.05) is 30.3 Å². The Bertz CT molecular complexity index is 902. The molecule has 0 aliphatic rings. The van der Waals surface area contributed by atoms with Gasteiger partial charge in [-0.15, -0.1) is 0 Å². The first-order valence-corrected chi connectivity index (χ1v) is 7.89. The summed E-state index contributed by atoms with van der Waals surface area (Å²) in [6.07, 6.45) is 1.52. The van der Waals surface area contributed by atoms with Crippen molar-refractivity contribution in [1.29, 1.82) is 0 Å². The summed E-state index contributed by atoms with van der Waals surface area (Å²) in [5, 5.41) is 3.46. The number of carbonyl (C=O) groups excluding carboxylic acids is 2. The predicted octanol–water partition coefficient (Wildman–Crippen LogP) is 3.52. The highest BCUT2D eigenvalue weighted by Crippen LogP contribution is 2.17. The summed E-state index contributed by atoms with van der Waals surface area (Å²) in [7, 11) is 0. The van der Waals surface area contributed by atoms with Gasteiger partial charge < -0.3 is 10.1 Å². The van der Waals surface area contributed by atoms with Crippen LogP contribution in [0.5, 0.6) is 5.75 Å². The van der Waals surface area contributed by atoms with E-state index in [1.165, 1.54) is 6.20 Å². The topological polar surface area (TPSA) is 71.5 Å². The average molecular weight is 353 g/mol. The van der Waals surface area contributed by atoms with Gasteiger partial charge in [0, 0.05) is 5.39 Å². The van der Waals surface area contributed by atoms with Crippen LogP contribution in [0.3, 0.4) is 0 Å². The molecule has 0 bridgehead atoms. The summed E-state index contributed by atoms with van der Waals surface area (Å²) >= 11 is 3.94. The Morgan fingerprint density at radius 3 is 2.60 bits per heavy atom. The van der Waals surface area contributed by atoms with Crippen molar-refractivity contribution < 1.29 is 14.3 Å². The highest BCUT2D eigenvalue weighted by atomic mass is 32.1. The van der Waals surface area contributed by atoms with Crippen molar-refractivity contribution in [2.24, 2.45) is 0 Å². The van der Waals surface area contributed by atoms with E-state index in [4.69, 9.17) is 4.74 Å². The van der Waals surface area contributed by atoms with Crippen LogP contribution in [0.25, 0.3) is 10.9 Å². The van der Waals surface area contributed by atoms with E-state index < -0.39 is 11.9 Å². The molecule has 0 aliphatic heterocycles. The molecular weight excluding hydrogens is 338 g/mol. The first kappa shape index (κ1) is 16.8. The third-order valence-electron chi connectivity index (χ3n) is 3.38. The third-order valence-corrected chi connectivity index (χ3v) is 3.78. The Hall–Kier alpha value is -3.06. The third kappa shape index (κ3) is 4.27. The number of pyridine rings is 1. The molecule has 0 saturated carbocycles. The van der Waals surface area contributed by atoms with E-state index in [2.05, 4.69) is 23.1 Å². The zero-order chi connectivity index (χ0) is 17.6. The number of benzene rings is 2. The molecule has 0 radical (unpaired) electrons. The second kappa shape index (κ2) is 7.67. The molecule has 0 atom stereocenters. The van der Waals surface area contributed by atoms with E-state index in [0.29, 0.717) is 15.7 Å². The number of hydrogen-bond donors (Lipinski definition) is 2. The number of carbonyl (C=O) groups is 2. The first-order valence-electron chi connectivity index (χ1n) is 7.49. The van der Waals surface area contributed by atoms with Gasteiger partial charge in [-0.05, 0) is 24.3 Å². The van der Waals surface area contributed by atoms with Crippen molar-refractivity contribution in [3.63, 3.8) is 0 Å². The lowest BCUT2D eigenvalue weighted by molar-refractivity contribution is -0.126. The number of anilines is 1. The summed E-state index contributed by atoms with van der Waals surface area (Å²) in [5.41, 5.74) is 1.29. The van der Waals surface area contributed by atoms with Gasteiger partial charge in [-0.3, -0.25) is 9.78 Å². The van der Waals surface area contributed by atoms with Gasteiger partial charge >= 0.3 is 6.03 Å². The summed E-state index contributed by atoms with van der Waals surface area (Å²) in [5.74, 6) is -0.0462. The zero-order valence-corrected chi connectivity index (χ0v) is 14.0. The summed E-state index contributed by atoms with van der Waals surface area (Å²) < 4.78 is 5.99. The fourth-order valence-electron chi connectivity index (χ4n) is 2.15. The highest BCUT2D eigenvalue weighted by Gasteiger charge is 2.19. The van der Waals surface area contributed by atoms with Gasteiger partial charge in [0.1, 0.15) is 5.75 Å². The molecular formula is C18H15N3O3S. The Balaban J connectivity index is 1.60. The van der Waals surface area contributed by atoms with Gasteiger partial charge in [-0.2, -0.15) is 0 Å². The molecule has 3 rings (SSSR count). The molecule has 0 saturated heterocycles. The maximum Gasteiger partial charge on any atom is 0.338 e. The number of amides is 3. The van der Waals surface area contributed by atoms with Crippen LogP contribution in [-0.4, -0.2) is 27.8 Å². The van der Waals surface area contributed by atoms with Crippen LogP contribution in [0.15, 0.2) is 66.9 Å². The Morgan fingerprint density at radius 2 is 1.80 bits per heavy atom. The van der Waals surface area contributed by atoms with Gasteiger partial charge in [-0.1, -0.05) is 49.2 Å². The van der Waals surface area contributed by atoms with Crippen LogP contribution >= 0.6 is 12.8 Å². The van der Waals surface area contributed by atoms with Crippen LogP contribution in [-0.2, 0) is 4.79 Å². The normalized spacial score (nSPS) is 10.3. The molecule has 126 valence electrons. The molecule has 1 heterocycles. The van der Waals surface area contributed by atoms with Crippen LogP contribution in [0, 0.1) is 0 Å². The number of aromatic nitrogens is 1. The van der Waals surface area contributed by atoms with Crippen molar-refractivity contribution in [3.8, 4) is 5.75 Å². The minimum atomic E-state index is -0.679. The number of nitrogens with one attached hydrogen (secondary N) is 1. The van der Waals surface area contributed by atoms with Crippen LogP contribution in [0.2, 0.25) is 0 Å². The smallest absolute Gasteiger partial charge is 0.338 e. The highest BCUT2D eigenvalue weighted by molar-refractivity contribution is 7.79. The minimum Gasteiger partial charge on any atom is -0.484 e. The monoisotopic (exact) mass is 353 g/mol. The maximum atomic E-state index is 12.1. The Morgan fingerprint density at radius 1 is 1.08 bits per heavy atom. The van der Waals surface area contributed by atoms with E-state index in [9.17, 15) is 9.59 Å². The minimum absolute atomic E-state index is 0.295. The van der Waals surface area contributed by atoms with Crippen molar-refractivity contribution in [1.82, 2.24) is 9.29 Å². The van der Waals surface area contributed by atoms with Gasteiger partial charge in [0.05, 0.1) is 17.4 Å². The number of para-hydroxylation sites is 2. The number of nitrogens with zero attached hydrogens (tertiary/aromatic N) is 2. The number of hydrogen-bond acceptors (Lipinski definition) is 5. The molecule has 0 unspecified atom stereocenters. The lowest BCUT2D eigenvalue weighted by Crippen LogP contribution is -2.35. The van der Waals surface area contributed by atoms with Crippen LogP contribution in [0.1, 0.15) is 0 Å². The molecule has 3 aromatic rings. The largest absolute Gasteiger partial charge is 0.484 e. The number of rotatable bonds is 4. The predicted molar refractivity (Wildman–Crippen MR) is 98.5 cm³/mol. The van der Waals surface area contributed by atoms with Gasteiger partial charge in [0.25, 0.3) is 5.91 Å². The summed E-state index contributed by atoms with van der Waals surface area (Å²) in [4.78, 5) is 28.4. The average Bonchev–Trinajstić information content (AvgIpc) is 2.66. The molecule has 1 aromatic heterocycles. The number of fused-ring (bicyclic) bond motifs is 1. The number of ether oxygens (including phenoxy) is 1. The molecule has 0 fully saturated rings. The van der Waals surface area contributed by atoms with Gasteiger partial charge in [0.15, 0.2) is 6.61 Å². The van der Waals surface area contributed by atoms with E-state index in [0.717, 1.165) is 10.9 Å². The van der Waals surface area contributed by atoms with E-state index >= 15 is 0 Å². The molecule has 7 heteroatoms. The Kier molecular flexibility index (Phi) is 5.15. The molecule has 6 nitrogen and oxygen atoms in total. The fourth-order valence-corrected chi connectivity index (χ4v) is 2.26. The quantitative estimate of drug-likeness (QED) is 0.704. The van der Waals surface area contributed by atoms with Crippen molar-refractivity contribution in [3.05, 3.63) is 66.9 Å². The zero-order valence-electron chi connectivity index (χ0n) is 13.1. The van der Waals surface area contributed by atoms with Crippen molar-refractivity contribution in [2.45, 2.75) is 0 Å². The Labute approximate surface area is 150 Å². The van der Waals surface area contributed by atoms with E-state index in [1.54, 1.807) is 30.3 Å². The van der Waals surface area contributed by atoms with Crippen molar-refractivity contribution in [2.75, 3.05) is 11.9 Å². The second-order valence-electron chi connectivity index (χ2n) is 5.15. The molecule has 1 N–H and O–H groups in total. The van der Waals surface area contributed by atoms with Crippen LogP contribution in [0.4, 0.5) is 10.5 Å². The SMILES string of the molecule is O=C(COc1ccccc1)N(S)C(=O)Nc1cnc2ccccc2c1. The molecule has 0 aliphatic carbocycles. The number of urea groups is 1. The lowest BCUT2D eigenvalue weighted by atomic mass is 10.2. The molecule has 3 amide bonds. The lowest BCUT2D eigenvalue weighted by Gasteiger charge is -2.15. The molecule has 25 heavy (non-hydrogen) atoms. The maximum absolute atomic E-state index is 12.1. The molecule has 2 aromatic carbocycles. The number of thiol groups is 1. The standard InChI is InChI=1S/C18H15N3O3S/c22-17(12-24-15-7-2-1-3-8-15)21(25)18(23)20-14-10-13-6-4-5-9-16(13)19-11-14/h1-11,25H,12H2,(H,20,23). The van der Waals surface area contributed by atoms with E-state index in [-0.39, 0.29) is 6.61 Å².